The summed E-state index contributed by atoms with van der Waals surface area (Å²) >= 11 is 0. The van der Waals surface area contributed by atoms with Crippen LogP contribution in [0, 0.1) is 6.92 Å². The number of aromatic nitrogens is 6. The highest BCUT2D eigenvalue weighted by Gasteiger charge is 2.25. The van der Waals surface area contributed by atoms with E-state index in [-0.39, 0.29) is 11.9 Å². The van der Waals surface area contributed by atoms with Crippen molar-refractivity contribution in [2.75, 3.05) is 0 Å². The van der Waals surface area contributed by atoms with E-state index in [9.17, 15) is 4.79 Å². The monoisotopic (exact) mass is 365 g/mol. The average molecular weight is 365 g/mol. The van der Waals surface area contributed by atoms with Gasteiger partial charge in [-0.3, -0.25) is 14.2 Å². The van der Waals surface area contributed by atoms with Gasteiger partial charge in [0.25, 0.3) is 5.91 Å². The number of nitrogens with one attached hydrogen (secondary N) is 1. The summed E-state index contributed by atoms with van der Waals surface area (Å²) in [5.41, 5.74) is 3.34. The molecule has 3 aromatic heterocycles. The highest BCUT2D eigenvalue weighted by molar-refractivity contribution is 5.92. The van der Waals surface area contributed by atoms with Crippen molar-refractivity contribution in [3.8, 4) is 11.3 Å². The Hall–Kier alpha value is -3.03. The predicted octanol–water partition coefficient (Wildman–Crippen LogP) is 2.30. The minimum absolute atomic E-state index is 0.0905. The Kier molecular flexibility index (Phi) is 4.70. The van der Waals surface area contributed by atoms with Crippen LogP contribution >= 0.6 is 0 Å². The van der Waals surface area contributed by atoms with E-state index in [0.29, 0.717) is 11.7 Å². The highest BCUT2D eigenvalue weighted by atomic mass is 16.2. The zero-order valence-electron chi connectivity index (χ0n) is 15.5. The first kappa shape index (κ1) is 17.4. The summed E-state index contributed by atoms with van der Waals surface area (Å²) in [6.07, 6.45) is 11.0. The molecule has 0 unspecified atom stereocenters. The van der Waals surface area contributed by atoms with Crippen molar-refractivity contribution in [3.05, 3.63) is 48.4 Å². The molecule has 0 atom stereocenters. The molecular weight excluding hydrogens is 342 g/mol. The predicted molar refractivity (Wildman–Crippen MR) is 100.0 cm³/mol. The first-order chi connectivity index (χ1) is 13.1. The summed E-state index contributed by atoms with van der Waals surface area (Å²) in [5.74, 6) is -0.0905. The van der Waals surface area contributed by atoms with Gasteiger partial charge in [0.15, 0.2) is 0 Å². The van der Waals surface area contributed by atoms with Crippen LogP contribution in [0.2, 0.25) is 0 Å². The minimum atomic E-state index is -0.0905. The van der Waals surface area contributed by atoms with Gasteiger partial charge in [0, 0.05) is 36.7 Å². The van der Waals surface area contributed by atoms with Gasteiger partial charge in [-0.15, -0.1) is 0 Å². The maximum absolute atomic E-state index is 12.4. The maximum Gasteiger partial charge on any atom is 0.272 e. The lowest BCUT2D eigenvalue weighted by Crippen LogP contribution is -2.38. The molecule has 0 spiro atoms. The molecule has 4 rings (SSSR count). The second kappa shape index (κ2) is 7.30. The molecular formula is C19H23N7O. The Labute approximate surface area is 157 Å². The number of carbonyl (C=O) groups is 1. The van der Waals surface area contributed by atoms with Crippen molar-refractivity contribution in [1.29, 1.82) is 0 Å². The Bertz CT molecular complexity index is 903. The fourth-order valence-electron chi connectivity index (χ4n) is 3.55. The van der Waals surface area contributed by atoms with E-state index >= 15 is 0 Å². The van der Waals surface area contributed by atoms with Gasteiger partial charge in [-0.2, -0.15) is 10.2 Å². The standard InChI is InChI=1S/C19H23N7O/c1-13-9-18(24-25(13)2)19(27)23-15-3-5-16(6-4-15)26-11-14(10-22-26)17-7-8-20-12-21-17/h7-12,15-16H,3-6H2,1-2H3,(H,23,27). The van der Waals surface area contributed by atoms with Crippen LogP contribution in [0.3, 0.4) is 0 Å². The molecule has 27 heavy (non-hydrogen) atoms. The molecule has 1 aliphatic rings. The van der Waals surface area contributed by atoms with Crippen LogP contribution in [-0.2, 0) is 7.05 Å². The van der Waals surface area contributed by atoms with Crippen molar-refractivity contribution in [2.45, 2.75) is 44.7 Å². The van der Waals surface area contributed by atoms with Crippen LogP contribution in [0.1, 0.15) is 47.9 Å². The van der Waals surface area contributed by atoms with Crippen molar-refractivity contribution in [1.82, 2.24) is 34.8 Å². The van der Waals surface area contributed by atoms with Gasteiger partial charge in [0.1, 0.15) is 12.0 Å². The van der Waals surface area contributed by atoms with Crippen LogP contribution in [-0.4, -0.2) is 41.5 Å². The van der Waals surface area contributed by atoms with E-state index in [1.54, 1.807) is 17.2 Å². The maximum atomic E-state index is 12.4. The molecule has 3 aromatic rings. The second-order valence-corrected chi connectivity index (χ2v) is 7.08. The van der Waals surface area contributed by atoms with Crippen molar-refractivity contribution >= 4 is 5.91 Å². The molecule has 1 fully saturated rings. The number of hydrogen-bond acceptors (Lipinski definition) is 5. The van der Waals surface area contributed by atoms with Crippen LogP contribution in [0.25, 0.3) is 11.3 Å². The minimum Gasteiger partial charge on any atom is -0.348 e. The van der Waals surface area contributed by atoms with E-state index in [2.05, 4.69) is 25.5 Å². The van der Waals surface area contributed by atoms with Gasteiger partial charge >= 0.3 is 0 Å². The van der Waals surface area contributed by atoms with E-state index in [1.165, 1.54) is 0 Å². The number of nitrogens with zero attached hydrogens (tertiary/aromatic N) is 6. The van der Waals surface area contributed by atoms with Crippen LogP contribution in [0.5, 0.6) is 0 Å². The summed E-state index contributed by atoms with van der Waals surface area (Å²) in [4.78, 5) is 20.6. The first-order valence-electron chi connectivity index (χ1n) is 9.22. The SMILES string of the molecule is Cc1cc(C(=O)NC2CCC(n3cc(-c4ccncn4)cn3)CC2)nn1C. The lowest BCUT2D eigenvalue weighted by Gasteiger charge is -2.29. The van der Waals surface area contributed by atoms with E-state index in [1.807, 2.05) is 43.2 Å². The highest BCUT2D eigenvalue weighted by Crippen LogP contribution is 2.29. The van der Waals surface area contributed by atoms with Gasteiger partial charge in [-0.1, -0.05) is 0 Å². The third-order valence-electron chi connectivity index (χ3n) is 5.23. The lowest BCUT2D eigenvalue weighted by molar-refractivity contribution is 0.0916. The van der Waals surface area contributed by atoms with Gasteiger partial charge in [-0.05, 0) is 44.7 Å². The third-order valence-corrected chi connectivity index (χ3v) is 5.23. The number of hydrogen-bond donors (Lipinski definition) is 1. The quantitative estimate of drug-likeness (QED) is 0.766. The Morgan fingerprint density at radius 1 is 1.26 bits per heavy atom. The largest absolute Gasteiger partial charge is 0.348 e. The zero-order valence-corrected chi connectivity index (χ0v) is 15.5. The molecule has 0 aromatic carbocycles. The topological polar surface area (TPSA) is 90.5 Å². The molecule has 140 valence electrons. The Morgan fingerprint density at radius 3 is 2.74 bits per heavy atom. The van der Waals surface area contributed by atoms with E-state index in [0.717, 1.165) is 42.6 Å². The molecule has 0 bridgehead atoms. The summed E-state index contributed by atoms with van der Waals surface area (Å²) in [5, 5.41) is 11.9. The molecule has 0 radical (unpaired) electrons. The fraction of sp³-hybridized carbons (Fsp3) is 0.421. The summed E-state index contributed by atoms with van der Waals surface area (Å²) in [6, 6.07) is 4.24. The van der Waals surface area contributed by atoms with E-state index in [4.69, 9.17) is 0 Å². The smallest absolute Gasteiger partial charge is 0.272 e. The molecule has 8 nitrogen and oxygen atoms in total. The van der Waals surface area contributed by atoms with Crippen molar-refractivity contribution < 1.29 is 4.79 Å². The van der Waals surface area contributed by atoms with Crippen LogP contribution in [0.4, 0.5) is 0 Å². The second-order valence-electron chi connectivity index (χ2n) is 7.08. The average Bonchev–Trinajstić information content (AvgIpc) is 3.31. The number of amides is 1. The molecule has 1 saturated carbocycles. The summed E-state index contributed by atoms with van der Waals surface area (Å²) in [6.45, 7) is 1.94. The zero-order chi connectivity index (χ0) is 18.8. The van der Waals surface area contributed by atoms with Crippen molar-refractivity contribution in [2.24, 2.45) is 7.05 Å². The molecule has 1 aliphatic carbocycles. The lowest BCUT2D eigenvalue weighted by atomic mass is 9.91. The van der Waals surface area contributed by atoms with Gasteiger partial charge in [0.2, 0.25) is 0 Å². The number of rotatable bonds is 4. The van der Waals surface area contributed by atoms with E-state index < -0.39 is 0 Å². The van der Waals surface area contributed by atoms with Crippen molar-refractivity contribution in [3.63, 3.8) is 0 Å². The number of aryl methyl sites for hydroxylation is 2. The van der Waals surface area contributed by atoms with Gasteiger partial charge < -0.3 is 5.32 Å². The fourth-order valence-corrected chi connectivity index (χ4v) is 3.55. The molecule has 0 aliphatic heterocycles. The molecule has 0 saturated heterocycles. The first-order valence-corrected chi connectivity index (χ1v) is 9.22. The summed E-state index contributed by atoms with van der Waals surface area (Å²) < 4.78 is 3.75. The van der Waals surface area contributed by atoms with Crippen LogP contribution in [0.15, 0.2) is 37.1 Å². The molecule has 1 N–H and O–H groups in total. The Morgan fingerprint density at radius 2 is 2.07 bits per heavy atom. The normalized spacial score (nSPS) is 19.8. The molecule has 8 heteroatoms. The van der Waals surface area contributed by atoms with Crippen LogP contribution < -0.4 is 5.32 Å². The molecule has 3 heterocycles. The summed E-state index contributed by atoms with van der Waals surface area (Å²) in [7, 11) is 1.84. The third kappa shape index (κ3) is 3.74. The number of carbonyl (C=O) groups excluding carboxylic acids is 1. The Balaban J connectivity index is 1.34. The van der Waals surface area contributed by atoms with Gasteiger partial charge in [0.05, 0.1) is 17.9 Å². The molecule has 1 amide bonds. The van der Waals surface area contributed by atoms with Gasteiger partial charge in [-0.25, -0.2) is 9.97 Å².